The van der Waals surface area contributed by atoms with E-state index in [4.69, 9.17) is 4.74 Å². The Hall–Kier alpha value is -0.810. The third kappa shape index (κ3) is 11.8. The van der Waals surface area contributed by atoms with Crippen LogP contribution < -0.4 is 10.6 Å². The molecule has 0 spiro atoms. The first-order valence-corrected chi connectivity index (χ1v) is 8.55. The van der Waals surface area contributed by atoms with Crippen LogP contribution in [-0.2, 0) is 4.74 Å². The first-order chi connectivity index (χ1) is 10.4. The zero-order valence-corrected chi connectivity index (χ0v) is 15.8. The van der Waals surface area contributed by atoms with Gasteiger partial charge in [0.2, 0.25) is 0 Å². The van der Waals surface area contributed by atoms with Crippen molar-refractivity contribution in [2.24, 2.45) is 16.8 Å². The fraction of sp³-hybridized carbons (Fsp3) is 0.941. The van der Waals surface area contributed by atoms with Crippen LogP contribution in [0.5, 0.6) is 0 Å². The summed E-state index contributed by atoms with van der Waals surface area (Å²) in [7, 11) is 6.07. The van der Waals surface area contributed by atoms with Gasteiger partial charge in [0, 0.05) is 32.8 Å². The molecule has 5 heteroatoms. The molecule has 22 heavy (non-hydrogen) atoms. The molecule has 0 aliphatic heterocycles. The van der Waals surface area contributed by atoms with Crippen LogP contribution >= 0.6 is 0 Å². The molecule has 1 atom stereocenters. The van der Waals surface area contributed by atoms with Crippen LogP contribution in [-0.4, -0.2) is 64.3 Å². The molecule has 0 aliphatic rings. The Kier molecular flexibility index (Phi) is 12.2. The number of nitrogens with zero attached hydrogens (tertiary/aromatic N) is 2. The van der Waals surface area contributed by atoms with E-state index in [0.717, 1.165) is 38.7 Å². The molecule has 0 saturated carbocycles. The second kappa shape index (κ2) is 12.7. The fourth-order valence-electron chi connectivity index (χ4n) is 2.12. The highest BCUT2D eigenvalue weighted by atomic mass is 16.5. The molecule has 0 radical (unpaired) electrons. The third-order valence-corrected chi connectivity index (χ3v) is 3.58. The monoisotopic (exact) mass is 314 g/mol. The zero-order valence-electron chi connectivity index (χ0n) is 15.8. The van der Waals surface area contributed by atoms with Crippen molar-refractivity contribution in [1.82, 2.24) is 15.5 Å². The van der Waals surface area contributed by atoms with Crippen LogP contribution in [0.3, 0.4) is 0 Å². The molecule has 2 N–H and O–H groups in total. The normalized spacial score (nSPS) is 14.0. The van der Waals surface area contributed by atoms with Gasteiger partial charge in [0.05, 0.1) is 6.61 Å². The van der Waals surface area contributed by atoms with E-state index in [1.807, 2.05) is 7.05 Å². The van der Waals surface area contributed by atoms with Crippen LogP contribution in [0, 0.1) is 11.8 Å². The van der Waals surface area contributed by atoms with Gasteiger partial charge in [0.1, 0.15) is 0 Å². The molecular weight excluding hydrogens is 276 g/mol. The van der Waals surface area contributed by atoms with Crippen LogP contribution in [0.4, 0.5) is 0 Å². The summed E-state index contributed by atoms with van der Waals surface area (Å²) in [4.78, 5) is 6.54. The standard InChI is InChI=1S/C17H38N4O/c1-14(2)8-10-22-11-9-19-17(18-5)20-13-16(21(6)7)12-15(3)4/h14-16H,8-13H2,1-7H3,(H2,18,19,20). The Morgan fingerprint density at radius 1 is 1.05 bits per heavy atom. The van der Waals surface area contributed by atoms with Crippen molar-refractivity contribution in [3.8, 4) is 0 Å². The van der Waals surface area contributed by atoms with Crippen molar-refractivity contribution in [2.45, 2.75) is 46.6 Å². The molecule has 5 nitrogen and oxygen atoms in total. The summed E-state index contributed by atoms with van der Waals surface area (Å²) in [5.74, 6) is 2.24. The van der Waals surface area contributed by atoms with Gasteiger partial charge in [-0.1, -0.05) is 27.7 Å². The molecular formula is C17H38N4O. The van der Waals surface area contributed by atoms with Gasteiger partial charge in [-0.15, -0.1) is 0 Å². The van der Waals surface area contributed by atoms with E-state index < -0.39 is 0 Å². The highest BCUT2D eigenvalue weighted by Crippen LogP contribution is 2.07. The Morgan fingerprint density at radius 3 is 2.23 bits per heavy atom. The molecule has 132 valence electrons. The van der Waals surface area contributed by atoms with Gasteiger partial charge < -0.3 is 20.3 Å². The van der Waals surface area contributed by atoms with Gasteiger partial charge in [-0.2, -0.15) is 0 Å². The van der Waals surface area contributed by atoms with Gasteiger partial charge in [0.15, 0.2) is 5.96 Å². The number of hydrogen-bond donors (Lipinski definition) is 2. The van der Waals surface area contributed by atoms with E-state index in [1.165, 1.54) is 6.42 Å². The molecule has 1 unspecified atom stereocenters. The SMILES string of the molecule is CN=C(NCCOCCC(C)C)NCC(CC(C)C)N(C)C. The summed E-state index contributed by atoms with van der Waals surface area (Å²) in [6.45, 7) is 12.2. The maximum absolute atomic E-state index is 5.60. The Balaban J connectivity index is 3.91. The van der Waals surface area contributed by atoms with Crippen LogP contribution in [0.15, 0.2) is 4.99 Å². The molecule has 0 aromatic rings. The molecule has 0 heterocycles. The fourth-order valence-corrected chi connectivity index (χ4v) is 2.12. The van der Waals surface area contributed by atoms with E-state index in [0.29, 0.717) is 17.9 Å². The molecule has 0 rings (SSSR count). The minimum absolute atomic E-state index is 0.515. The summed E-state index contributed by atoms with van der Waals surface area (Å²) in [5.41, 5.74) is 0. The molecule has 0 fully saturated rings. The first kappa shape index (κ1) is 21.2. The van der Waals surface area contributed by atoms with E-state index in [-0.39, 0.29) is 0 Å². The molecule has 0 aromatic carbocycles. The van der Waals surface area contributed by atoms with E-state index in [1.54, 1.807) is 0 Å². The van der Waals surface area contributed by atoms with Crippen LogP contribution in [0.1, 0.15) is 40.5 Å². The van der Waals surface area contributed by atoms with Gasteiger partial charge in [-0.05, 0) is 38.8 Å². The maximum atomic E-state index is 5.60. The highest BCUT2D eigenvalue weighted by Gasteiger charge is 2.13. The van der Waals surface area contributed by atoms with Gasteiger partial charge >= 0.3 is 0 Å². The second-order valence-electron chi connectivity index (χ2n) is 6.92. The Labute approximate surface area is 137 Å². The quantitative estimate of drug-likeness (QED) is 0.349. The largest absolute Gasteiger partial charge is 0.380 e. The predicted molar refractivity (Wildman–Crippen MR) is 96.6 cm³/mol. The smallest absolute Gasteiger partial charge is 0.191 e. The minimum atomic E-state index is 0.515. The molecule has 0 saturated heterocycles. The third-order valence-electron chi connectivity index (χ3n) is 3.58. The molecule has 0 aliphatic carbocycles. The summed E-state index contributed by atoms with van der Waals surface area (Å²) in [6, 6.07) is 0.515. The lowest BCUT2D eigenvalue weighted by Crippen LogP contribution is -2.46. The van der Waals surface area contributed by atoms with Crippen molar-refractivity contribution < 1.29 is 4.74 Å². The number of likely N-dealkylation sites (N-methyl/N-ethyl adjacent to an activating group) is 1. The summed E-state index contributed by atoms with van der Waals surface area (Å²) in [6.07, 6.45) is 2.29. The summed E-state index contributed by atoms with van der Waals surface area (Å²) in [5, 5.41) is 6.71. The van der Waals surface area contributed by atoms with Gasteiger partial charge in [-0.3, -0.25) is 4.99 Å². The van der Waals surface area contributed by atoms with Crippen LogP contribution in [0.25, 0.3) is 0 Å². The lowest BCUT2D eigenvalue weighted by atomic mass is 10.0. The number of aliphatic imine (C=N–C) groups is 1. The average molecular weight is 315 g/mol. The minimum Gasteiger partial charge on any atom is -0.380 e. The number of ether oxygens (including phenoxy) is 1. The number of guanidine groups is 1. The van der Waals surface area contributed by atoms with E-state index in [2.05, 4.69) is 62.3 Å². The molecule has 0 amide bonds. The molecule has 0 bridgehead atoms. The topological polar surface area (TPSA) is 48.9 Å². The maximum Gasteiger partial charge on any atom is 0.191 e. The van der Waals surface area contributed by atoms with Crippen molar-refractivity contribution in [2.75, 3.05) is 47.4 Å². The number of nitrogens with one attached hydrogen (secondary N) is 2. The predicted octanol–water partition coefficient (Wildman–Crippen LogP) is 2.19. The highest BCUT2D eigenvalue weighted by molar-refractivity contribution is 5.79. The van der Waals surface area contributed by atoms with Gasteiger partial charge in [-0.25, -0.2) is 0 Å². The number of hydrogen-bond acceptors (Lipinski definition) is 3. The van der Waals surface area contributed by atoms with Gasteiger partial charge in [0.25, 0.3) is 0 Å². The second-order valence-corrected chi connectivity index (χ2v) is 6.92. The average Bonchev–Trinajstić information content (AvgIpc) is 2.43. The van der Waals surface area contributed by atoms with Crippen molar-refractivity contribution in [3.63, 3.8) is 0 Å². The zero-order chi connectivity index (χ0) is 17.0. The van der Waals surface area contributed by atoms with Crippen LogP contribution in [0.2, 0.25) is 0 Å². The lowest BCUT2D eigenvalue weighted by molar-refractivity contribution is 0.128. The lowest BCUT2D eigenvalue weighted by Gasteiger charge is -2.27. The Bertz CT molecular complexity index is 290. The Morgan fingerprint density at radius 2 is 1.73 bits per heavy atom. The van der Waals surface area contributed by atoms with Crippen molar-refractivity contribution in [1.29, 1.82) is 0 Å². The molecule has 0 aromatic heterocycles. The van der Waals surface area contributed by atoms with Crippen molar-refractivity contribution in [3.05, 3.63) is 0 Å². The first-order valence-electron chi connectivity index (χ1n) is 8.55. The summed E-state index contributed by atoms with van der Waals surface area (Å²) < 4.78 is 5.60. The van der Waals surface area contributed by atoms with E-state index >= 15 is 0 Å². The van der Waals surface area contributed by atoms with Crippen molar-refractivity contribution >= 4 is 5.96 Å². The summed E-state index contributed by atoms with van der Waals surface area (Å²) >= 11 is 0. The number of rotatable bonds is 11. The van der Waals surface area contributed by atoms with E-state index in [9.17, 15) is 0 Å².